The number of ether oxygens (including phenoxy) is 2. The fraction of sp³-hybridized carbons (Fsp3) is 0.655. The number of halogens is 2. The number of hydrogen-bond donors (Lipinski definition) is 2. The fourth-order valence-electron chi connectivity index (χ4n) is 5.30. The molecule has 4 rings (SSSR count). The molecule has 41 heavy (non-hydrogen) atoms. The maximum Gasteiger partial charge on any atom is 0.408 e. The molecule has 12 heteroatoms. The van der Waals surface area contributed by atoms with Crippen LogP contribution in [-0.2, 0) is 21.0 Å². The number of nitrogens with zero attached hydrogens (tertiary/aromatic N) is 3. The molecule has 0 aliphatic heterocycles. The van der Waals surface area contributed by atoms with E-state index in [0.29, 0.717) is 35.4 Å². The van der Waals surface area contributed by atoms with Gasteiger partial charge in [0.25, 0.3) is 6.43 Å². The lowest BCUT2D eigenvalue weighted by molar-refractivity contribution is -0.120. The molecule has 0 bridgehead atoms. The third kappa shape index (κ3) is 8.18. The van der Waals surface area contributed by atoms with Crippen LogP contribution in [0.3, 0.4) is 0 Å². The fourth-order valence-corrected chi connectivity index (χ4v) is 5.59. The van der Waals surface area contributed by atoms with Crippen LogP contribution < -0.4 is 10.6 Å². The molecule has 2 fully saturated rings. The molecule has 0 unspecified atom stereocenters. The minimum atomic E-state index is -2.81. The van der Waals surface area contributed by atoms with Crippen molar-refractivity contribution < 1.29 is 27.8 Å². The number of alkyl carbamates (subject to hydrolysis) is 1. The Kier molecular flexibility index (Phi) is 9.94. The lowest BCUT2D eigenvalue weighted by Crippen LogP contribution is -2.51. The third-order valence-electron chi connectivity index (χ3n) is 7.39. The number of pyridine rings is 1. The first-order valence-corrected chi connectivity index (χ1v) is 15.5. The van der Waals surface area contributed by atoms with Crippen LogP contribution in [0.2, 0.25) is 0 Å². The van der Waals surface area contributed by atoms with Crippen LogP contribution in [0.25, 0.3) is 11.1 Å². The Labute approximate surface area is 244 Å². The predicted molar refractivity (Wildman–Crippen MR) is 155 cm³/mol. The molecule has 1 atom stereocenters. The van der Waals surface area contributed by atoms with Crippen molar-refractivity contribution in [2.24, 2.45) is 17.8 Å². The van der Waals surface area contributed by atoms with E-state index in [4.69, 9.17) is 9.47 Å². The Morgan fingerprint density at radius 3 is 2.39 bits per heavy atom. The second-order valence-electron chi connectivity index (χ2n) is 11.9. The molecule has 2 saturated carbocycles. The smallest absolute Gasteiger partial charge is 0.408 e. The minimum Gasteiger partial charge on any atom is -0.444 e. The van der Waals surface area contributed by atoms with Gasteiger partial charge < -0.3 is 20.1 Å². The molecule has 2 heterocycles. The number of alkyl halides is 2. The number of rotatable bonds is 13. The van der Waals surface area contributed by atoms with E-state index in [1.807, 2.05) is 6.26 Å². The number of nitrogens with one attached hydrogen (secondary N) is 2. The number of anilines is 1. The summed E-state index contributed by atoms with van der Waals surface area (Å²) in [6, 6.07) is 0.354. The van der Waals surface area contributed by atoms with E-state index in [1.165, 1.54) is 12.3 Å². The van der Waals surface area contributed by atoms with Crippen LogP contribution in [0.1, 0.15) is 69.8 Å². The number of aromatic nitrogens is 3. The molecule has 2 aliphatic rings. The molecular formula is C29H41F2N5O4S. The first kappa shape index (κ1) is 31.2. The molecule has 2 amide bonds. The van der Waals surface area contributed by atoms with E-state index in [2.05, 4.69) is 20.7 Å². The van der Waals surface area contributed by atoms with Crippen molar-refractivity contribution in [3.05, 3.63) is 29.2 Å². The summed E-state index contributed by atoms with van der Waals surface area (Å²) in [5.41, 5.74) is 1.09. The Morgan fingerprint density at radius 2 is 1.83 bits per heavy atom. The van der Waals surface area contributed by atoms with Gasteiger partial charge in [0.05, 0.1) is 12.3 Å². The monoisotopic (exact) mass is 593 g/mol. The van der Waals surface area contributed by atoms with Gasteiger partial charge in [-0.05, 0) is 90.4 Å². The lowest BCUT2D eigenvalue weighted by Gasteiger charge is -2.29. The van der Waals surface area contributed by atoms with Gasteiger partial charge in [-0.2, -0.15) is 16.9 Å². The summed E-state index contributed by atoms with van der Waals surface area (Å²) in [5.74, 6) is 1.00. The number of amides is 2. The van der Waals surface area contributed by atoms with E-state index in [0.717, 1.165) is 31.4 Å². The van der Waals surface area contributed by atoms with E-state index in [1.54, 1.807) is 51.1 Å². The lowest BCUT2D eigenvalue weighted by atomic mass is 9.88. The van der Waals surface area contributed by atoms with Gasteiger partial charge >= 0.3 is 6.09 Å². The van der Waals surface area contributed by atoms with Gasteiger partial charge in [-0.3, -0.25) is 4.79 Å². The topological polar surface area (TPSA) is 107 Å². The number of hydrogen-bond acceptors (Lipinski definition) is 7. The van der Waals surface area contributed by atoms with Gasteiger partial charge in [0.1, 0.15) is 24.2 Å². The Hall–Kier alpha value is -2.73. The average molecular weight is 594 g/mol. The van der Waals surface area contributed by atoms with Gasteiger partial charge in [0.15, 0.2) is 0 Å². The van der Waals surface area contributed by atoms with Gasteiger partial charge in [-0.15, -0.1) is 0 Å². The zero-order valence-electron chi connectivity index (χ0n) is 24.6. The van der Waals surface area contributed by atoms with E-state index in [-0.39, 0.29) is 29.6 Å². The van der Waals surface area contributed by atoms with Crippen molar-refractivity contribution in [1.29, 1.82) is 0 Å². The summed E-state index contributed by atoms with van der Waals surface area (Å²) in [6.45, 7) is 9.60. The number of carbonyl (C=O) groups is 2. The summed E-state index contributed by atoms with van der Waals surface area (Å²) >= 11 is 1.67. The molecule has 2 N–H and O–H groups in total. The standard InChI is InChI=1S/C29H41F2N5O4S/c1-16-23(17(2)36(35-16)15-39-11-12-41-6)21-14-32-22(13-20(21)26(30)31)33-27(37)25(34-28(38)40-29(3,4)5)24(18-7-8-18)19-9-10-19/h13-14,18-19,24-26H,7-12,15H2,1-6H3,(H,34,38)(H,32,33,37)/t25-/m0/s1. The molecule has 0 radical (unpaired) electrons. The van der Waals surface area contributed by atoms with Crippen molar-refractivity contribution in [3.63, 3.8) is 0 Å². The molecule has 2 aromatic heterocycles. The number of aryl methyl sites for hydroxylation is 1. The van der Waals surface area contributed by atoms with E-state index < -0.39 is 30.1 Å². The quantitative estimate of drug-likeness (QED) is 0.270. The molecule has 2 aliphatic carbocycles. The molecule has 2 aromatic rings. The Morgan fingerprint density at radius 1 is 1.17 bits per heavy atom. The molecule has 9 nitrogen and oxygen atoms in total. The van der Waals surface area contributed by atoms with E-state index >= 15 is 0 Å². The van der Waals surface area contributed by atoms with Crippen molar-refractivity contribution in [2.75, 3.05) is 23.9 Å². The summed E-state index contributed by atoms with van der Waals surface area (Å²) in [7, 11) is 0. The van der Waals surface area contributed by atoms with Gasteiger partial charge in [0, 0.05) is 34.3 Å². The van der Waals surface area contributed by atoms with Crippen LogP contribution in [0.4, 0.5) is 19.4 Å². The van der Waals surface area contributed by atoms with Crippen LogP contribution >= 0.6 is 11.8 Å². The normalized spacial score (nSPS) is 16.2. The van der Waals surface area contributed by atoms with Crippen molar-refractivity contribution in [1.82, 2.24) is 20.1 Å². The largest absolute Gasteiger partial charge is 0.444 e. The van der Waals surface area contributed by atoms with E-state index in [9.17, 15) is 18.4 Å². The Balaban J connectivity index is 1.57. The zero-order chi connectivity index (χ0) is 29.9. The molecule has 0 saturated heterocycles. The second-order valence-corrected chi connectivity index (χ2v) is 12.9. The average Bonchev–Trinajstić information content (AvgIpc) is 3.81. The zero-order valence-corrected chi connectivity index (χ0v) is 25.4. The van der Waals surface area contributed by atoms with Crippen molar-refractivity contribution in [3.8, 4) is 11.1 Å². The van der Waals surface area contributed by atoms with Crippen molar-refractivity contribution in [2.45, 2.75) is 85.1 Å². The first-order valence-electron chi connectivity index (χ1n) is 14.1. The highest BCUT2D eigenvalue weighted by Crippen LogP contribution is 2.51. The summed E-state index contributed by atoms with van der Waals surface area (Å²) in [6.07, 6.45) is 3.84. The first-order chi connectivity index (χ1) is 19.4. The van der Waals surface area contributed by atoms with Gasteiger partial charge in [-0.1, -0.05) is 0 Å². The van der Waals surface area contributed by atoms with Gasteiger partial charge in [-0.25, -0.2) is 23.2 Å². The maximum atomic E-state index is 14.4. The van der Waals surface area contributed by atoms with Crippen LogP contribution in [0.5, 0.6) is 0 Å². The number of carbonyl (C=O) groups excluding carboxylic acids is 2. The minimum absolute atomic E-state index is 0.00141. The molecule has 0 spiro atoms. The van der Waals surface area contributed by atoms with Crippen molar-refractivity contribution >= 4 is 29.6 Å². The van der Waals surface area contributed by atoms with Crippen LogP contribution in [0, 0.1) is 31.6 Å². The molecule has 226 valence electrons. The third-order valence-corrected chi connectivity index (χ3v) is 7.97. The second kappa shape index (κ2) is 13.1. The van der Waals surface area contributed by atoms with Crippen LogP contribution in [0.15, 0.2) is 12.3 Å². The highest BCUT2D eigenvalue weighted by atomic mass is 32.2. The number of thioether (sulfide) groups is 1. The highest BCUT2D eigenvalue weighted by Gasteiger charge is 2.48. The molecular weight excluding hydrogens is 552 g/mol. The predicted octanol–water partition coefficient (Wildman–Crippen LogP) is 6.10. The highest BCUT2D eigenvalue weighted by molar-refractivity contribution is 7.98. The summed E-state index contributed by atoms with van der Waals surface area (Å²) < 4.78 is 41.5. The van der Waals surface area contributed by atoms with Gasteiger partial charge in [0.2, 0.25) is 5.91 Å². The summed E-state index contributed by atoms with van der Waals surface area (Å²) in [5, 5.41) is 9.97. The molecule has 0 aromatic carbocycles. The summed E-state index contributed by atoms with van der Waals surface area (Å²) in [4.78, 5) is 30.6. The SMILES string of the molecule is CSCCOCn1nc(C)c(-c2cnc(NC(=O)[C@@H](NC(=O)OC(C)(C)C)C(C3CC3)C3CC3)cc2C(F)F)c1C. The van der Waals surface area contributed by atoms with Crippen LogP contribution in [-0.4, -0.2) is 57.0 Å². The maximum absolute atomic E-state index is 14.4. The Bertz CT molecular complexity index is 1230.